The van der Waals surface area contributed by atoms with Crippen LogP contribution >= 0.6 is 23.2 Å². The molecule has 0 unspecified atom stereocenters. The molecule has 0 aliphatic heterocycles. The highest BCUT2D eigenvalue weighted by atomic mass is 35.5. The number of halogens is 3. The summed E-state index contributed by atoms with van der Waals surface area (Å²) in [5.41, 5.74) is 2.08. The molecule has 0 spiro atoms. The molecule has 10 heteroatoms. The Bertz CT molecular complexity index is 1390. The number of aromatic nitrogens is 3. The van der Waals surface area contributed by atoms with Crippen LogP contribution in [0.15, 0.2) is 45.3 Å². The van der Waals surface area contributed by atoms with Gasteiger partial charge in [-0.1, -0.05) is 34.4 Å². The molecule has 7 nitrogen and oxygen atoms in total. The van der Waals surface area contributed by atoms with Gasteiger partial charge in [0.25, 0.3) is 5.89 Å². The molecule has 0 fully saturated rings. The molecule has 0 aliphatic carbocycles. The number of nitriles is 1. The van der Waals surface area contributed by atoms with Gasteiger partial charge in [0.1, 0.15) is 17.1 Å². The summed E-state index contributed by atoms with van der Waals surface area (Å²) in [6, 6.07) is 9.69. The third kappa shape index (κ3) is 4.90. The van der Waals surface area contributed by atoms with E-state index in [9.17, 15) is 0 Å². The van der Waals surface area contributed by atoms with Gasteiger partial charge in [-0.25, -0.2) is 4.39 Å². The van der Waals surface area contributed by atoms with Crippen LogP contribution < -0.4 is 4.74 Å². The van der Waals surface area contributed by atoms with Crippen LogP contribution in [-0.2, 0) is 6.42 Å². The number of ether oxygens (including phenoxy) is 1. The molecule has 0 saturated heterocycles. The Morgan fingerprint density at radius 1 is 1.18 bits per heavy atom. The van der Waals surface area contributed by atoms with E-state index in [-0.39, 0.29) is 40.3 Å². The topological polar surface area (TPSA) is 98.0 Å². The molecule has 166 valence electrons. The van der Waals surface area contributed by atoms with Crippen molar-refractivity contribution < 1.29 is 18.1 Å². The van der Waals surface area contributed by atoms with Crippen molar-refractivity contribution in [2.75, 3.05) is 0 Å². The lowest BCUT2D eigenvalue weighted by Crippen LogP contribution is -1.98. The van der Waals surface area contributed by atoms with Crippen molar-refractivity contribution >= 4 is 29.3 Å². The average molecular weight is 485 g/mol. The fraction of sp³-hybridized carbons (Fsp3) is 0.130. The van der Waals surface area contributed by atoms with Crippen molar-refractivity contribution in [3.63, 3.8) is 0 Å². The van der Waals surface area contributed by atoms with Crippen LogP contribution in [0.1, 0.15) is 28.5 Å². The molecule has 33 heavy (non-hydrogen) atoms. The Kier molecular flexibility index (Phi) is 6.45. The monoisotopic (exact) mass is 484 g/mol. The van der Waals surface area contributed by atoms with Gasteiger partial charge in [0.15, 0.2) is 11.6 Å². The van der Waals surface area contributed by atoms with Crippen LogP contribution in [0.25, 0.3) is 17.5 Å². The molecule has 2 aromatic carbocycles. The molecule has 0 aliphatic rings. The SMILES string of the molecule is Cc1noc(C)c1-c1nnc(Cc2ccc(Cl)c(Oc3cc(Cl)cc(/C=C/C#N)c3)c2F)o1. The Morgan fingerprint density at radius 3 is 2.73 bits per heavy atom. The minimum Gasteiger partial charge on any atom is -0.453 e. The summed E-state index contributed by atoms with van der Waals surface area (Å²) < 4.78 is 31.8. The van der Waals surface area contributed by atoms with Crippen molar-refractivity contribution in [3.8, 4) is 29.0 Å². The predicted octanol–water partition coefficient (Wildman–Crippen LogP) is 6.71. The molecule has 4 rings (SSSR count). The number of hydrogen-bond acceptors (Lipinski definition) is 7. The molecule has 0 saturated carbocycles. The van der Waals surface area contributed by atoms with Crippen LogP contribution in [0.2, 0.25) is 10.0 Å². The highest BCUT2D eigenvalue weighted by Crippen LogP contribution is 2.36. The normalized spacial score (nSPS) is 11.2. The van der Waals surface area contributed by atoms with E-state index in [0.717, 1.165) is 0 Å². The smallest absolute Gasteiger partial charge is 0.253 e. The maximum Gasteiger partial charge on any atom is 0.253 e. The maximum absolute atomic E-state index is 15.3. The van der Waals surface area contributed by atoms with E-state index in [4.69, 9.17) is 42.1 Å². The lowest BCUT2D eigenvalue weighted by atomic mass is 10.1. The fourth-order valence-electron chi connectivity index (χ4n) is 3.17. The zero-order chi connectivity index (χ0) is 23.5. The molecular formula is C23H15Cl2FN4O3. The molecule has 0 amide bonds. The van der Waals surface area contributed by atoms with Gasteiger partial charge < -0.3 is 13.7 Å². The Labute approximate surface area is 198 Å². The molecular weight excluding hydrogens is 470 g/mol. The van der Waals surface area contributed by atoms with Crippen LogP contribution in [0.3, 0.4) is 0 Å². The maximum atomic E-state index is 15.3. The van der Waals surface area contributed by atoms with Gasteiger partial charge in [-0.15, -0.1) is 10.2 Å². The number of rotatable bonds is 6. The van der Waals surface area contributed by atoms with Crippen molar-refractivity contribution in [1.82, 2.24) is 15.4 Å². The number of nitrogens with zero attached hydrogens (tertiary/aromatic N) is 4. The first-order chi connectivity index (χ1) is 15.9. The van der Waals surface area contributed by atoms with E-state index in [1.54, 1.807) is 32.1 Å². The largest absolute Gasteiger partial charge is 0.453 e. The first kappa shape index (κ1) is 22.5. The summed E-state index contributed by atoms with van der Waals surface area (Å²) in [5, 5.41) is 21.0. The van der Waals surface area contributed by atoms with Crippen LogP contribution in [0, 0.1) is 31.0 Å². The zero-order valence-electron chi connectivity index (χ0n) is 17.4. The van der Waals surface area contributed by atoms with E-state index in [1.165, 1.54) is 24.3 Å². The highest BCUT2D eigenvalue weighted by molar-refractivity contribution is 6.32. The van der Waals surface area contributed by atoms with E-state index in [1.807, 2.05) is 6.07 Å². The second-order valence-electron chi connectivity index (χ2n) is 7.01. The molecule has 0 bridgehead atoms. The number of aryl methyl sites for hydroxylation is 2. The van der Waals surface area contributed by atoms with Crippen LogP contribution in [-0.4, -0.2) is 15.4 Å². The van der Waals surface area contributed by atoms with Gasteiger partial charge in [-0.3, -0.25) is 0 Å². The first-order valence-corrected chi connectivity index (χ1v) is 10.4. The third-order valence-electron chi connectivity index (χ3n) is 4.65. The van der Waals surface area contributed by atoms with Crippen LogP contribution in [0.5, 0.6) is 11.5 Å². The lowest BCUT2D eigenvalue weighted by Gasteiger charge is -2.12. The van der Waals surface area contributed by atoms with E-state index >= 15 is 4.39 Å². The fourth-order valence-corrected chi connectivity index (χ4v) is 3.59. The molecule has 0 N–H and O–H groups in total. The van der Waals surface area contributed by atoms with Gasteiger partial charge in [-0.05, 0) is 49.8 Å². The molecule has 0 atom stereocenters. The van der Waals surface area contributed by atoms with Crippen molar-refractivity contribution in [3.05, 3.63) is 80.7 Å². The Hall–Kier alpha value is -3.67. The van der Waals surface area contributed by atoms with Crippen molar-refractivity contribution in [1.29, 1.82) is 5.26 Å². The first-order valence-electron chi connectivity index (χ1n) is 9.63. The molecule has 2 heterocycles. The summed E-state index contributed by atoms with van der Waals surface area (Å²) in [4.78, 5) is 0. The van der Waals surface area contributed by atoms with Gasteiger partial charge in [0, 0.05) is 16.7 Å². The minimum atomic E-state index is -0.673. The summed E-state index contributed by atoms with van der Waals surface area (Å²) in [5.74, 6) is 0.400. The van der Waals surface area contributed by atoms with Crippen molar-refractivity contribution in [2.45, 2.75) is 20.3 Å². The third-order valence-corrected chi connectivity index (χ3v) is 5.16. The van der Waals surface area contributed by atoms with Gasteiger partial charge in [0.2, 0.25) is 5.89 Å². The Morgan fingerprint density at radius 2 is 2.00 bits per heavy atom. The molecule has 2 aromatic heterocycles. The second kappa shape index (κ2) is 9.45. The number of hydrogen-bond donors (Lipinski definition) is 0. The highest BCUT2D eigenvalue weighted by Gasteiger charge is 2.21. The minimum absolute atomic E-state index is 0.0153. The van der Waals surface area contributed by atoms with E-state index < -0.39 is 5.82 Å². The molecule has 4 aromatic rings. The summed E-state index contributed by atoms with van der Waals surface area (Å²) >= 11 is 12.3. The molecule has 0 radical (unpaired) electrons. The summed E-state index contributed by atoms with van der Waals surface area (Å²) in [7, 11) is 0. The zero-order valence-corrected chi connectivity index (χ0v) is 18.9. The number of benzene rings is 2. The van der Waals surface area contributed by atoms with Crippen molar-refractivity contribution in [2.24, 2.45) is 0 Å². The lowest BCUT2D eigenvalue weighted by molar-refractivity contribution is 0.393. The van der Waals surface area contributed by atoms with Gasteiger partial charge >= 0.3 is 0 Å². The number of allylic oxidation sites excluding steroid dienone is 1. The van der Waals surface area contributed by atoms with E-state index in [2.05, 4.69) is 15.4 Å². The van der Waals surface area contributed by atoms with Gasteiger partial charge in [-0.2, -0.15) is 5.26 Å². The Balaban J connectivity index is 1.62. The summed E-state index contributed by atoms with van der Waals surface area (Å²) in [6.45, 7) is 3.49. The van der Waals surface area contributed by atoms with Gasteiger partial charge in [0.05, 0.1) is 23.2 Å². The quantitative estimate of drug-likeness (QED) is 0.280. The standard InChI is InChI=1S/C23H15Cl2FN4O3/c1-12-20(13(2)33-30-12)23-29-28-19(32-23)10-15-5-6-18(25)22(21(15)26)31-17-9-14(4-3-7-27)8-16(24)11-17/h3-6,8-9,11H,10H2,1-2H3/b4-3+. The average Bonchev–Trinajstić information content (AvgIpc) is 3.36. The summed E-state index contributed by atoms with van der Waals surface area (Å²) in [6.07, 6.45) is 2.87. The van der Waals surface area contributed by atoms with E-state index in [0.29, 0.717) is 27.6 Å². The predicted molar refractivity (Wildman–Crippen MR) is 120 cm³/mol. The second-order valence-corrected chi connectivity index (χ2v) is 7.85. The van der Waals surface area contributed by atoms with Crippen LogP contribution in [0.4, 0.5) is 4.39 Å².